The van der Waals surface area contributed by atoms with Crippen LogP contribution in [-0.4, -0.2) is 42.8 Å². The summed E-state index contributed by atoms with van der Waals surface area (Å²) in [5.74, 6) is 0. The van der Waals surface area contributed by atoms with Crippen LogP contribution in [0.2, 0.25) is 0 Å². The van der Waals surface area contributed by atoms with Crippen LogP contribution in [0.4, 0.5) is 0 Å². The standard InChI is InChI=1S/C19H27NO3/c21-15-17-9-6-13-20(17)23-19-11-5-4-10-18(19)22-14-12-16-7-2-1-3-8-16/h1-3,7-8,15,17-19H,4-6,9-14H2/t17-,18+,19-/m0/s1. The van der Waals surface area contributed by atoms with Gasteiger partial charge in [-0.05, 0) is 37.7 Å². The van der Waals surface area contributed by atoms with Crippen LogP contribution >= 0.6 is 0 Å². The lowest BCUT2D eigenvalue weighted by atomic mass is 9.94. The summed E-state index contributed by atoms with van der Waals surface area (Å²) in [6.07, 6.45) is 8.62. The van der Waals surface area contributed by atoms with Crippen LogP contribution in [0, 0.1) is 0 Å². The summed E-state index contributed by atoms with van der Waals surface area (Å²) in [6, 6.07) is 10.4. The quantitative estimate of drug-likeness (QED) is 0.724. The molecule has 0 amide bonds. The minimum atomic E-state index is -0.0677. The fourth-order valence-corrected chi connectivity index (χ4v) is 3.55. The van der Waals surface area contributed by atoms with Crippen molar-refractivity contribution in [2.75, 3.05) is 13.2 Å². The molecule has 1 saturated carbocycles. The molecular formula is C19H27NO3. The van der Waals surface area contributed by atoms with Gasteiger partial charge in [0.05, 0.1) is 18.8 Å². The van der Waals surface area contributed by atoms with E-state index in [9.17, 15) is 4.79 Å². The van der Waals surface area contributed by atoms with Crippen LogP contribution in [0.3, 0.4) is 0 Å². The lowest BCUT2D eigenvalue weighted by Gasteiger charge is -2.34. The lowest BCUT2D eigenvalue weighted by molar-refractivity contribution is -0.238. The smallest absolute Gasteiger partial charge is 0.139 e. The number of benzene rings is 1. The monoisotopic (exact) mass is 317 g/mol. The molecule has 0 bridgehead atoms. The molecule has 1 aliphatic carbocycles. The highest BCUT2D eigenvalue weighted by Gasteiger charge is 2.33. The Hall–Kier alpha value is -1.23. The number of hydrogen-bond acceptors (Lipinski definition) is 4. The summed E-state index contributed by atoms with van der Waals surface area (Å²) < 4.78 is 6.14. The van der Waals surface area contributed by atoms with Crippen LogP contribution in [0.15, 0.2) is 30.3 Å². The van der Waals surface area contributed by atoms with E-state index in [1.165, 1.54) is 18.4 Å². The van der Waals surface area contributed by atoms with E-state index in [1.54, 1.807) is 0 Å². The zero-order chi connectivity index (χ0) is 15.9. The molecule has 1 aromatic carbocycles. The number of carbonyl (C=O) groups is 1. The highest BCUT2D eigenvalue weighted by atomic mass is 16.7. The molecule has 0 N–H and O–H groups in total. The van der Waals surface area contributed by atoms with Gasteiger partial charge in [0.2, 0.25) is 0 Å². The third-order valence-corrected chi connectivity index (χ3v) is 4.88. The first-order valence-electron chi connectivity index (χ1n) is 8.91. The van der Waals surface area contributed by atoms with E-state index in [0.717, 1.165) is 51.5 Å². The number of hydrogen-bond donors (Lipinski definition) is 0. The molecule has 4 nitrogen and oxygen atoms in total. The van der Waals surface area contributed by atoms with Crippen molar-refractivity contribution in [2.45, 2.75) is 63.2 Å². The first kappa shape index (κ1) is 16.6. The van der Waals surface area contributed by atoms with Gasteiger partial charge < -0.3 is 9.53 Å². The molecule has 3 atom stereocenters. The van der Waals surface area contributed by atoms with Crippen molar-refractivity contribution in [3.63, 3.8) is 0 Å². The molecular weight excluding hydrogens is 290 g/mol. The highest BCUT2D eigenvalue weighted by Crippen LogP contribution is 2.27. The Bertz CT molecular complexity index is 479. The molecule has 0 unspecified atom stereocenters. The van der Waals surface area contributed by atoms with Gasteiger partial charge in [0.25, 0.3) is 0 Å². The Morgan fingerprint density at radius 3 is 2.61 bits per heavy atom. The second-order valence-electron chi connectivity index (χ2n) is 6.56. The number of hydroxylamine groups is 2. The van der Waals surface area contributed by atoms with Gasteiger partial charge in [-0.15, -0.1) is 0 Å². The second kappa shape index (κ2) is 8.57. The fraction of sp³-hybridized carbons (Fsp3) is 0.632. The zero-order valence-electron chi connectivity index (χ0n) is 13.7. The molecule has 0 radical (unpaired) electrons. The minimum absolute atomic E-state index is 0.0677. The number of carbonyl (C=O) groups excluding carboxylic acids is 1. The van der Waals surface area contributed by atoms with Crippen molar-refractivity contribution in [3.8, 4) is 0 Å². The molecule has 23 heavy (non-hydrogen) atoms. The largest absolute Gasteiger partial charge is 0.375 e. The van der Waals surface area contributed by atoms with Crippen LogP contribution in [0.5, 0.6) is 0 Å². The van der Waals surface area contributed by atoms with E-state index < -0.39 is 0 Å². The van der Waals surface area contributed by atoms with Gasteiger partial charge in [-0.25, -0.2) is 0 Å². The Balaban J connectivity index is 1.49. The lowest BCUT2D eigenvalue weighted by Crippen LogP contribution is -2.42. The molecule has 1 saturated heterocycles. The fourth-order valence-electron chi connectivity index (χ4n) is 3.55. The zero-order valence-corrected chi connectivity index (χ0v) is 13.7. The number of nitrogens with zero attached hydrogens (tertiary/aromatic N) is 1. The van der Waals surface area contributed by atoms with Gasteiger partial charge in [0.1, 0.15) is 12.4 Å². The van der Waals surface area contributed by atoms with E-state index in [0.29, 0.717) is 0 Å². The van der Waals surface area contributed by atoms with Crippen molar-refractivity contribution in [3.05, 3.63) is 35.9 Å². The maximum absolute atomic E-state index is 11.1. The molecule has 3 rings (SSSR count). The normalized spacial score (nSPS) is 28.8. The third kappa shape index (κ3) is 4.63. The average Bonchev–Trinajstić information content (AvgIpc) is 3.04. The summed E-state index contributed by atoms with van der Waals surface area (Å²) in [6.45, 7) is 1.59. The third-order valence-electron chi connectivity index (χ3n) is 4.88. The Kier molecular flexibility index (Phi) is 6.20. The predicted molar refractivity (Wildman–Crippen MR) is 89.0 cm³/mol. The first-order valence-corrected chi connectivity index (χ1v) is 8.91. The molecule has 2 fully saturated rings. The van der Waals surface area contributed by atoms with Crippen molar-refractivity contribution < 1.29 is 14.4 Å². The van der Waals surface area contributed by atoms with Gasteiger partial charge >= 0.3 is 0 Å². The molecule has 4 heteroatoms. The maximum Gasteiger partial charge on any atom is 0.139 e. The van der Waals surface area contributed by atoms with E-state index in [4.69, 9.17) is 9.57 Å². The van der Waals surface area contributed by atoms with Crippen LogP contribution in [0.1, 0.15) is 44.1 Å². The first-order chi connectivity index (χ1) is 11.4. The highest BCUT2D eigenvalue weighted by molar-refractivity contribution is 5.57. The summed E-state index contributed by atoms with van der Waals surface area (Å²) in [5, 5.41) is 1.89. The SMILES string of the molecule is O=C[C@@H]1CCCN1O[C@H]1CCCC[C@H]1OCCc1ccccc1. The molecule has 2 aliphatic rings. The van der Waals surface area contributed by atoms with Gasteiger partial charge in [-0.3, -0.25) is 4.84 Å². The second-order valence-corrected chi connectivity index (χ2v) is 6.56. The van der Waals surface area contributed by atoms with Crippen molar-refractivity contribution >= 4 is 6.29 Å². The maximum atomic E-state index is 11.1. The van der Waals surface area contributed by atoms with Crippen LogP contribution < -0.4 is 0 Å². The molecule has 1 heterocycles. The van der Waals surface area contributed by atoms with Crippen LogP contribution in [0.25, 0.3) is 0 Å². The molecule has 126 valence electrons. The summed E-state index contributed by atoms with van der Waals surface area (Å²) in [5.41, 5.74) is 1.31. The molecule has 0 aromatic heterocycles. The van der Waals surface area contributed by atoms with Crippen molar-refractivity contribution in [1.29, 1.82) is 0 Å². The topological polar surface area (TPSA) is 38.8 Å². The minimum Gasteiger partial charge on any atom is -0.375 e. The summed E-state index contributed by atoms with van der Waals surface area (Å²) >= 11 is 0. The number of rotatable bonds is 7. The Morgan fingerprint density at radius 1 is 1.04 bits per heavy atom. The van der Waals surface area contributed by atoms with Gasteiger partial charge in [0.15, 0.2) is 0 Å². The van der Waals surface area contributed by atoms with Gasteiger partial charge in [0, 0.05) is 6.54 Å². The van der Waals surface area contributed by atoms with Gasteiger partial charge in [-0.2, -0.15) is 5.06 Å². The van der Waals surface area contributed by atoms with Crippen LogP contribution in [-0.2, 0) is 20.8 Å². The Morgan fingerprint density at radius 2 is 1.83 bits per heavy atom. The predicted octanol–water partition coefficient (Wildman–Crippen LogP) is 3.15. The Labute approximate surface area is 138 Å². The number of aldehydes is 1. The summed E-state index contributed by atoms with van der Waals surface area (Å²) in [4.78, 5) is 17.3. The molecule has 1 aliphatic heterocycles. The van der Waals surface area contributed by atoms with E-state index in [1.807, 2.05) is 11.1 Å². The van der Waals surface area contributed by atoms with Crippen molar-refractivity contribution in [2.24, 2.45) is 0 Å². The average molecular weight is 317 g/mol. The number of ether oxygens (including phenoxy) is 1. The van der Waals surface area contributed by atoms with E-state index in [-0.39, 0.29) is 18.2 Å². The summed E-state index contributed by atoms with van der Waals surface area (Å²) in [7, 11) is 0. The molecule has 0 spiro atoms. The van der Waals surface area contributed by atoms with E-state index in [2.05, 4.69) is 24.3 Å². The van der Waals surface area contributed by atoms with E-state index >= 15 is 0 Å². The molecule has 1 aromatic rings. The van der Waals surface area contributed by atoms with Gasteiger partial charge in [-0.1, -0.05) is 43.2 Å². The van der Waals surface area contributed by atoms with Crippen molar-refractivity contribution in [1.82, 2.24) is 5.06 Å².